The first-order valence-electron chi connectivity index (χ1n) is 4.15. The van der Waals surface area contributed by atoms with Gasteiger partial charge in [0, 0.05) is 5.56 Å². The van der Waals surface area contributed by atoms with Crippen LogP contribution in [0.15, 0.2) is 49.6 Å². The summed E-state index contributed by atoms with van der Waals surface area (Å²) in [5, 5.41) is 0. The van der Waals surface area contributed by atoms with Crippen molar-refractivity contribution in [2.45, 2.75) is 6.42 Å². The summed E-state index contributed by atoms with van der Waals surface area (Å²) in [5.41, 5.74) is 1.72. The van der Waals surface area contributed by atoms with Crippen LogP contribution in [-0.2, 0) is 6.42 Å². The van der Waals surface area contributed by atoms with Gasteiger partial charge >= 0.3 is 0 Å². The van der Waals surface area contributed by atoms with E-state index in [0.29, 0.717) is 0 Å². The highest BCUT2D eigenvalue weighted by molar-refractivity contribution is 6.05. The van der Waals surface area contributed by atoms with Gasteiger partial charge in [0.25, 0.3) is 0 Å². The minimum atomic E-state index is -0.0301. The average molecular weight is 172 g/mol. The van der Waals surface area contributed by atoms with E-state index in [0.717, 1.165) is 17.5 Å². The Morgan fingerprint density at radius 1 is 1.31 bits per heavy atom. The summed E-state index contributed by atoms with van der Waals surface area (Å²) in [4.78, 5) is 11.4. The molecule has 0 aliphatic carbocycles. The molecule has 0 N–H and O–H groups in total. The summed E-state index contributed by atoms with van der Waals surface area (Å²) >= 11 is 0. The summed E-state index contributed by atoms with van der Waals surface area (Å²) in [6.07, 6.45) is 3.84. The van der Waals surface area contributed by atoms with Crippen molar-refractivity contribution in [3.05, 3.63) is 60.7 Å². The van der Waals surface area contributed by atoms with Gasteiger partial charge in [0.1, 0.15) is 0 Å². The zero-order chi connectivity index (χ0) is 9.68. The van der Waals surface area contributed by atoms with E-state index in [-0.39, 0.29) is 5.78 Å². The van der Waals surface area contributed by atoms with E-state index in [9.17, 15) is 4.79 Å². The number of carbonyl (C=O) groups excluding carboxylic acids is 1. The van der Waals surface area contributed by atoms with Crippen molar-refractivity contribution in [1.82, 2.24) is 0 Å². The lowest BCUT2D eigenvalue weighted by atomic mass is 10.0. The van der Waals surface area contributed by atoms with Gasteiger partial charge in [-0.25, -0.2) is 0 Å². The van der Waals surface area contributed by atoms with E-state index in [1.54, 1.807) is 6.08 Å². The van der Waals surface area contributed by atoms with Crippen LogP contribution >= 0.6 is 0 Å². The van der Waals surface area contributed by atoms with Gasteiger partial charge in [-0.2, -0.15) is 0 Å². The Kier molecular flexibility index (Phi) is 3.21. The van der Waals surface area contributed by atoms with E-state index in [1.165, 1.54) is 6.08 Å². The van der Waals surface area contributed by atoms with Crippen molar-refractivity contribution in [2.75, 3.05) is 0 Å². The summed E-state index contributed by atoms with van der Waals surface area (Å²) in [6, 6.07) is 7.50. The van der Waals surface area contributed by atoms with Gasteiger partial charge < -0.3 is 0 Å². The fourth-order valence-electron chi connectivity index (χ4n) is 1.20. The van der Waals surface area contributed by atoms with Gasteiger partial charge in [0.2, 0.25) is 0 Å². The first-order chi connectivity index (χ1) is 6.29. The lowest BCUT2D eigenvalue weighted by molar-refractivity contribution is 0.104. The van der Waals surface area contributed by atoms with Crippen molar-refractivity contribution in [2.24, 2.45) is 0 Å². The fraction of sp³-hybridized carbons (Fsp3) is 0.0833. The molecule has 66 valence electrons. The average Bonchev–Trinajstić information content (AvgIpc) is 2.18. The van der Waals surface area contributed by atoms with Crippen molar-refractivity contribution in [1.29, 1.82) is 0 Å². The Hall–Kier alpha value is -1.63. The van der Waals surface area contributed by atoms with Gasteiger partial charge in [0.05, 0.1) is 0 Å². The molecule has 0 spiro atoms. The molecule has 1 nitrogen and oxygen atoms in total. The van der Waals surface area contributed by atoms with Gasteiger partial charge in [-0.3, -0.25) is 4.79 Å². The number of ketones is 1. The Labute approximate surface area is 78.4 Å². The minimum absolute atomic E-state index is 0.0301. The molecular weight excluding hydrogens is 160 g/mol. The van der Waals surface area contributed by atoms with Crippen LogP contribution in [-0.4, -0.2) is 5.78 Å². The van der Waals surface area contributed by atoms with E-state index >= 15 is 0 Å². The molecule has 1 aromatic carbocycles. The number of rotatable bonds is 4. The molecule has 0 atom stereocenters. The van der Waals surface area contributed by atoms with Crippen LogP contribution in [0.1, 0.15) is 15.9 Å². The Morgan fingerprint density at radius 2 is 2.00 bits per heavy atom. The van der Waals surface area contributed by atoms with Crippen molar-refractivity contribution in [3.63, 3.8) is 0 Å². The maximum atomic E-state index is 11.4. The third-order valence-corrected chi connectivity index (χ3v) is 1.83. The second-order valence-corrected chi connectivity index (χ2v) is 2.72. The largest absolute Gasteiger partial charge is 0.289 e. The standard InChI is InChI=1S/C12H12O/c1-3-7-10-8-5-6-9-11(10)12(13)4-2/h3-6,8-9H,1-2,7H2. The van der Waals surface area contributed by atoms with Crippen LogP contribution in [0.4, 0.5) is 0 Å². The van der Waals surface area contributed by atoms with Gasteiger partial charge in [-0.1, -0.05) is 36.9 Å². The van der Waals surface area contributed by atoms with Crippen LogP contribution < -0.4 is 0 Å². The van der Waals surface area contributed by atoms with Gasteiger partial charge in [0.15, 0.2) is 5.78 Å². The zero-order valence-corrected chi connectivity index (χ0v) is 7.49. The number of hydrogen-bond acceptors (Lipinski definition) is 1. The summed E-state index contributed by atoms with van der Waals surface area (Å²) in [5.74, 6) is -0.0301. The molecule has 1 rings (SSSR count). The van der Waals surface area contributed by atoms with Crippen molar-refractivity contribution >= 4 is 5.78 Å². The Morgan fingerprint density at radius 3 is 2.62 bits per heavy atom. The second kappa shape index (κ2) is 4.41. The summed E-state index contributed by atoms with van der Waals surface area (Å²) < 4.78 is 0. The molecule has 1 aromatic rings. The van der Waals surface area contributed by atoms with E-state index in [1.807, 2.05) is 24.3 Å². The highest BCUT2D eigenvalue weighted by Crippen LogP contribution is 2.10. The summed E-state index contributed by atoms with van der Waals surface area (Å²) in [6.45, 7) is 7.11. The Bertz CT molecular complexity index is 337. The highest BCUT2D eigenvalue weighted by Gasteiger charge is 2.05. The van der Waals surface area contributed by atoms with E-state index < -0.39 is 0 Å². The van der Waals surface area contributed by atoms with Crippen LogP contribution in [0.5, 0.6) is 0 Å². The molecule has 0 amide bonds. The molecule has 0 unspecified atom stereocenters. The molecule has 0 bridgehead atoms. The predicted molar refractivity (Wildman–Crippen MR) is 54.9 cm³/mol. The van der Waals surface area contributed by atoms with Crippen LogP contribution in [0.25, 0.3) is 0 Å². The van der Waals surface area contributed by atoms with E-state index in [4.69, 9.17) is 0 Å². The Balaban J connectivity index is 3.10. The topological polar surface area (TPSA) is 17.1 Å². The minimum Gasteiger partial charge on any atom is -0.289 e. The van der Waals surface area contributed by atoms with Gasteiger partial charge in [-0.05, 0) is 18.1 Å². The molecule has 0 fully saturated rings. The second-order valence-electron chi connectivity index (χ2n) is 2.72. The van der Waals surface area contributed by atoms with Crippen molar-refractivity contribution < 1.29 is 4.79 Å². The molecule has 1 heteroatoms. The molecule has 0 aliphatic heterocycles. The molecule has 13 heavy (non-hydrogen) atoms. The summed E-state index contributed by atoms with van der Waals surface area (Å²) in [7, 11) is 0. The van der Waals surface area contributed by atoms with E-state index in [2.05, 4.69) is 13.2 Å². The lowest BCUT2D eigenvalue weighted by Gasteiger charge is -2.02. The third kappa shape index (κ3) is 2.15. The smallest absolute Gasteiger partial charge is 0.185 e. The maximum Gasteiger partial charge on any atom is 0.185 e. The number of allylic oxidation sites excluding steroid dienone is 2. The maximum absolute atomic E-state index is 11.4. The van der Waals surface area contributed by atoms with Gasteiger partial charge in [-0.15, -0.1) is 6.58 Å². The highest BCUT2D eigenvalue weighted by atomic mass is 16.1. The molecule has 0 aliphatic rings. The number of benzene rings is 1. The molecule has 0 aromatic heterocycles. The molecule has 0 saturated carbocycles. The SMILES string of the molecule is C=CCc1ccccc1C(=O)C=C. The fourth-order valence-corrected chi connectivity index (χ4v) is 1.20. The number of carbonyl (C=O) groups is 1. The third-order valence-electron chi connectivity index (χ3n) is 1.83. The molecular formula is C12H12O. The van der Waals surface area contributed by atoms with Crippen LogP contribution in [0.2, 0.25) is 0 Å². The molecule has 0 radical (unpaired) electrons. The zero-order valence-electron chi connectivity index (χ0n) is 7.49. The van der Waals surface area contributed by atoms with Crippen LogP contribution in [0, 0.1) is 0 Å². The first-order valence-corrected chi connectivity index (χ1v) is 4.15. The predicted octanol–water partition coefficient (Wildman–Crippen LogP) is 2.78. The van der Waals surface area contributed by atoms with Crippen LogP contribution in [0.3, 0.4) is 0 Å². The first kappa shape index (κ1) is 9.46. The number of hydrogen-bond donors (Lipinski definition) is 0. The molecule has 0 heterocycles. The monoisotopic (exact) mass is 172 g/mol. The normalized spacial score (nSPS) is 9.23. The lowest BCUT2D eigenvalue weighted by Crippen LogP contribution is -1.99. The molecule has 0 saturated heterocycles. The van der Waals surface area contributed by atoms with Crippen molar-refractivity contribution in [3.8, 4) is 0 Å². The quantitative estimate of drug-likeness (QED) is 0.388.